The largest absolute Gasteiger partial charge is 2.00 e. The number of hydrogen-bond acceptors (Lipinski definition) is 0. The molecule has 0 fully saturated rings. The first kappa shape index (κ1) is 15.2. The second-order valence-electron chi connectivity index (χ2n) is 2.80. The Labute approximate surface area is 125 Å². The summed E-state index contributed by atoms with van der Waals surface area (Å²) in [6, 6.07) is 19.3. The molecule has 0 radical (unpaired) electrons. The maximum Gasteiger partial charge on any atom is 2.00 e. The van der Waals surface area contributed by atoms with Crippen molar-refractivity contribution < 1.29 is 17.0 Å². The standard InChI is InChI=1S/C12H8Br.BrH.Mg/c13-12-8-6-11(7-9-12)10-4-2-1-3-5-10;;/h2-9H;1H;/q-1;;+2/p-1. The molecule has 0 saturated heterocycles. The Balaban J connectivity index is 0.000000980. The Morgan fingerprint density at radius 3 is 1.80 bits per heavy atom. The van der Waals surface area contributed by atoms with Gasteiger partial charge in [-0.15, -0.1) is 5.56 Å². The van der Waals surface area contributed by atoms with Crippen molar-refractivity contribution in [2.45, 2.75) is 0 Å². The predicted octanol–water partition coefficient (Wildman–Crippen LogP) is 0.539. The third-order valence-electron chi connectivity index (χ3n) is 1.90. The van der Waals surface area contributed by atoms with Crippen LogP contribution in [0.2, 0.25) is 0 Å². The number of halogens is 2. The molecule has 15 heavy (non-hydrogen) atoms. The Morgan fingerprint density at radius 1 is 0.800 bits per heavy atom. The van der Waals surface area contributed by atoms with Crippen molar-refractivity contribution in [3.05, 3.63) is 59.1 Å². The van der Waals surface area contributed by atoms with Crippen LogP contribution in [0.25, 0.3) is 11.1 Å². The second kappa shape index (κ2) is 7.44. The molecule has 0 bridgehead atoms. The summed E-state index contributed by atoms with van der Waals surface area (Å²) in [6.07, 6.45) is 0. The normalized spacial score (nSPS) is 8.60. The Hall–Kier alpha value is 0.166. The summed E-state index contributed by atoms with van der Waals surface area (Å²) >= 11 is 3.41. The third kappa shape index (κ3) is 4.27. The quantitative estimate of drug-likeness (QED) is 0.527. The first-order chi connectivity index (χ1) is 6.36. The van der Waals surface area contributed by atoms with Gasteiger partial charge in [0.2, 0.25) is 0 Å². The van der Waals surface area contributed by atoms with E-state index in [9.17, 15) is 0 Å². The molecule has 0 aromatic heterocycles. The minimum Gasteiger partial charge on any atom is -1.00 e. The van der Waals surface area contributed by atoms with Crippen molar-refractivity contribution in [1.82, 2.24) is 0 Å². The van der Waals surface area contributed by atoms with Crippen LogP contribution in [-0.2, 0) is 0 Å². The zero-order valence-corrected chi connectivity index (χ0v) is 12.7. The Morgan fingerprint density at radius 2 is 1.27 bits per heavy atom. The van der Waals surface area contributed by atoms with Crippen LogP contribution in [0.1, 0.15) is 0 Å². The monoisotopic (exact) mass is 334 g/mol. The second-order valence-corrected chi connectivity index (χ2v) is 3.71. The van der Waals surface area contributed by atoms with Gasteiger partial charge in [-0.05, 0) is 17.7 Å². The Bertz CT molecular complexity index is 384. The van der Waals surface area contributed by atoms with Gasteiger partial charge < -0.3 is 17.0 Å². The summed E-state index contributed by atoms with van der Waals surface area (Å²) in [5, 5.41) is 0. The van der Waals surface area contributed by atoms with Gasteiger partial charge in [0.05, 0.1) is 0 Å². The third-order valence-corrected chi connectivity index (χ3v) is 2.42. The van der Waals surface area contributed by atoms with Crippen LogP contribution < -0.4 is 17.0 Å². The number of rotatable bonds is 1. The molecule has 2 rings (SSSR count). The maximum absolute atomic E-state index is 3.41. The van der Waals surface area contributed by atoms with Crippen molar-refractivity contribution in [2.24, 2.45) is 0 Å². The van der Waals surface area contributed by atoms with Gasteiger partial charge in [-0.3, -0.25) is 0 Å². The molecule has 3 heteroatoms. The van der Waals surface area contributed by atoms with Gasteiger partial charge in [-0.2, -0.15) is 30.3 Å². The molecule has 0 aliphatic rings. The van der Waals surface area contributed by atoms with E-state index in [2.05, 4.69) is 46.3 Å². The van der Waals surface area contributed by atoms with E-state index in [0.29, 0.717) is 0 Å². The van der Waals surface area contributed by atoms with Gasteiger partial charge in [0.15, 0.2) is 0 Å². The zero-order chi connectivity index (χ0) is 9.10. The fourth-order valence-corrected chi connectivity index (χ4v) is 1.49. The molecule has 0 amide bonds. The molecular formula is C12H8Br2Mg. The van der Waals surface area contributed by atoms with Crippen LogP contribution >= 0.6 is 15.9 Å². The average molecular weight is 336 g/mol. The molecule has 0 atom stereocenters. The number of hydrogen-bond donors (Lipinski definition) is 0. The van der Waals surface area contributed by atoms with E-state index in [1.54, 1.807) is 0 Å². The van der Waals surface area contributed by atoms with Crippen molar-refractivity contribution in [3.63, 3.8) is 0 Å². The first-order valence-electron chi connectivity index (χ1n) is 4.08. The molecule has 0 spiro atoms. The van der Waals surface area contributed by atoms with E-state index >= 15 is 0 Å². The SMILES string of the molecule is Brc1ccc(-c2cc[c-]cc2)cc1.[Br-].[Mg+2]. The Kier molecular flexibility index (Phi) is 7.52. The summed E-state index contributed by atoms with van der Waals surface area (Å²) < 4.78 is 1.11. The molecular weight excluding hydrogens is 328 g/mol. The molecule has 2 aromatic rings. The van der Waals surface area contributed by atoms with Crippen LogP contribution in [0.15, 0.2) is 53.0 Å². The van der Waals surface area contributed by atoms with Gasteiger partial charge in [0.1, 0.15) is 0 Å². The fourth-order valence-electron chi connectivity index (χ4n) is 1.22. The minimum atomic E-state index is 0. The topological polar surface area (TPSA) is 0 Å². The van der Waals surface area contributed by atoms with Crippen LogP contribution in [0.3, 0.4) is 0 Å². The van der Waals surface area contributed by atoms with Crippen molar-refractivity contribution in [2.75, 3.05) is 0 Å². The summed E-state index contributed by atoms with van der Waals surface area (Å²) in [5.74, 6) is 0. The molecule has 0 aliphatic carbocycles. The van der Waals surface area contributed by atoms with Crippen LogP contribution in [0.5, 0.6) is 0 Å². The van der Waals surface area contributed by atoms with Gasteiger partial charge >= 0.3 is 23.1 Å². The van der Waals surface area contributed by atoms with Crippen molar-refractivity contribution in [1.29, 1.82) is 0 Å². The van der Waals surface area contributed by atoms with Gasteiger partial charge in [0.25, 0.3) is 0 Å². The summed E-state index contributed by atoms with van der Waals surface area (Å²) in [5.41, 5.74) is 2.46. The molecule has 2 aromatic carbocycles. The predicted molar refractivity (Wildman–Crippen MR) is 64.2 cm³/mol. The van der Waals surface area contributed by atoms with Gasteiger partial charge in [0, 0.05) is 4.47 Å². The number of benzene rings is 2. The smallest absolute Gasteiger partial charge is 1.00 e. The van der Waals surface area contributed by atoms with Gasteiger partial charge in [-0.1, -0.05) is 28.1 Å². The molecule has 0 N–H and O–H groups in total. The fraction of sp³-hybridized carbons (Fsp3) is 0. The van der Waals surface area contributed by atoms with Crippen LogP contribution in [0, 0.1) is 6.07 Å². The van der Waals surface area contributed by atoms with E-state index in [4.69, 9.17) is 0 Å². The van der Waals surface area contributed by atoms with E-state index in [1.165, 1.54) is 11.1 Å². The molecule has 0 nitrogen and oxygen atoms in total. The zero-order valence-electron chi connectivity index (χ0n) is 8.08. The van der Waals surface area contributed by atoms with E-state index in [0.717, 1.165) is 4.47 Å². The van der Waals surface area contributed by atoms with E-state index in [1.807, 2.05) is 24.3 Å². The minimum absolute atomic E-state index is 0. The van der Waals surface area contributed by atoms with Crippen LogP contribution in [0.4, 0.5) is 0 Å². The summed E-state index contributed by atoms with van der Waals surface area (Å²) in [6.45, 7) is 0. The van der Waals surface area contributed by atoms with E-state index < -0.39 is 0 Å². The molecule has 0 unspecified atom stereocenters. The molecule has 72 valence electrons. The van der Waals surface area contributed by atoms with Crippen LogP contribution in [-0.4, -0.2) is 23.1 Å². The van der Waals surface area contributed by atoms with Crippen molar-refractivity contribution in [3.8, 4) is 11.1 Å². The maximum atomic E-state index is 3.41. The van der Waals surface area contributed by atoms with Crippen molar-refractivity contribution >= 4 is 39.0 Å². The molecule has 0 aliphatic heterocycles. The summed E-state index contributed by atoms with van der Waals surface area (Å²) in [4.78, 5) is 0. The van der Waals surface area contributed by atoms with Gasteiger partial charge in [-0.25, -0.2) is 0 Å². The summed E-state index contributed by atoms with van der Waals surface area (Å²) in [7, 11) is 0. The first-order valence-corrected chi connectivity index (χ1v) is 4.87. The van der Waals surface area contributed by atoms with E-state index in [-0.39, 0.29) is 40.0 Å². The molecule has 0 saturated carbocycles. The molecule has 0 heterocycles. The average Bonchev–Trinajstić information content (AvgIpc) is 2.20.